The van der Waals surface area contributed by atoms with Crippen molar-refractivity contribution in [1.82, 2.24) is 29.9 Å². The van der Waals surface area contributed by atoms with Crippen molar-refractivity contribution in [2.24, 2.45) is 0 Å². The second kappa shape index (κ2) is 6.96. The van der Waals surface area contributed by atoms with Gasteiger partial charge in [0, 0.05) is 38.9 Å². The molecule has 0 saturated heterocycles. The topological polar surface area (TPSA) is 83.1 Å². The molecule has 34 heavy (non-hydrogen) atoms. The quantitative estimate of drug-likeness (QED) is 0.301. The van der Waals surface area contributed by atoms with Crippen molar-refractivity contribution in [2.45, 2.75) is 13.8 Å². The normalized spacial score (nSPS) is 11.8. The third-order valence-electron chi connectivity index (χ3n) is 6.43. The standard InChI is InChI=1S/C28H20N6/c1-15-30-14-25(31-15)18-7-10-23-17(12-18)6-9-24(34-23)19-5-8-20-22(13-19)26-21(4-3-11-29-26)28-27(20)32-16(2)33-28/h3-14H,1-2H3,(H,30,31)(H,32,33). The van der Waals surface area contributed by atoms with Crippen LogP contribution in [0.4, 0.5) is 0 Å². The van der Waals surface area contributed by atoms with Gasteiger partial charge in [-0.25, -0.2) is 15.0 Å². The fourth-order valence-corrected chi connectivity index (χ4v) is 4.83. The molecule has 162 valence electrons. The van der Waals surface area contributed by atoms with Crippen molar-refractivity contribution < 1.29 is 0 Å². The lowest BCUT2D eigenvalue weighted by molar-refractivity contribution is 1.15. The Morgan fingerprint density at radius 2 is 1.59 bits per heavy atom. The largest absolute Gasteiger partial charge is 0.342 e. The van der Waals surface area contributed by atoms with Crippen molar-refractivity contribution in [3.05, 3.63) is 84.7 Å². The molecular weight excluding hydrogens is 420 g/mol. The molecule has 6 nitrogen and oxygen atoms in total. The van der Waals surface area contributed by atoms with Crippen LogP contribution in [-0.4, -0.2) is 29.9 Å². The van der Waals surface area contributed by atoms with Gasteiger partial charge in [0.25, 0.3) is 0 Å². The first-order valence-electron chi connectivity index (χ1n) is 11.2. The Balaban J connectivity index is 1.40. The van der Waals surface area contributed by atoms with E-state index in [-0.39, 0.29) is 0 Å². The summed E-state index contributed by atoms with van der Waals surface area (Å²) in [5, 5.41) is 4.36. The van der Waals surface area contributed by atoms with Crippen molar-refractivity contribution >= 4 is 43.6 Å². The van der Waals surface area contributed by atoms with Gasteiger partial charge in [-0.3, -0.25) is 4.98 Å². The molecule has 4 aromatic heterocycles. The molecule has 4 heterocycles. The number of imidazole rings is 2. The summed E-state index contributed by atoms with van der Waals surface area (Å²) in [4.78, 5) is 25.4. The number of hydrogen-bond acceptors (Lipinski definition) is 4. The van der Waals surface area contributed by atoms with Gasteiger partial charge in [-0.1, -0.05) is 24.3 Å². The predicted molar refractivity (Wildman–Crippen MR) is 137 cm³/mol. The van der Waals surface area contributed by atoms with Crippen LogP contribution >= 0.6 is 0 Å². The number of pyridine rings is 2. The highest BCUT2D eigenvalue weighted by Gasteiger charge is 2.14. The first kappa shape index (κ1) is 18.9. The summed E-state index contributed by atoms with van der Waals surface area (Å²) in [6.07, 6.45) is 3.71. The monoisotopic (exact) mass is 440 g/mol. The van der Waals surface area contributed by atoms with E-state index in [1.165, 1.54) is 0 Å². The number of nitrogens with one attached hydrogen (secondary N) is 2. The predicted octanol–water partition coefficient (Wildman–Crippen LogP) is 6.49. The molecule has 0 amide bonds. The number of aryl methyl sites for hydroxylation is 2. The first-order chi connectivity index (χ1) is 16.6. The van der Waals surface area contributed by atoms with Gasteiger partial charge in [0.05, 0.1) is 39.7 Å². The molecule has 0 radical (unpaired) electrons. The maximum atomic E-state index is 4.97. The van der Waals surface area contributed by atoms with E-state index in [2.05, 4.69) is 69.5 Å². The summed E-state index contributed by atoms with van der Waals surface area (Å²) in [5.41, 5.74) is 8.04. The van der Waals surface area contributed by atoms with Crippen LogP contribution in [0.25, 0.3) is 66.1 Å². The Hall–Kier alpha value is -4.58. The third-order valence-corrected chi connectivity index (χ3v) is 6.43. The molecule has 0 aliphatic carbocycles. The van der Waals surface area contributed by atoms with Gasteiger partial charge < -0.3 is 9.97 Å². The number of aromatic nitrogens is 6. The van der Waals surface area contributed by atoms with E-state index in [1.807, 2.05) is 32.3 Å². The smallest absolute Gasteiger partial charge is 0.104 e. The molecule has 0 aliphatic rings. The molecule has 0 bridgehead atoms. The first-order valence-corrected chi connectivity index (χ1v) is 11.2. The molecule has 3 aromatic carbocycles. The van der Waals surface area contributed by atoms with Gasteiger partial charge in [-0.2, -0.15) is 0 Å². The Morgan fingerprint density at radius 1 is 0.676 bits per heavy atom. The van der Waals surface area contributed by atoms with E-state index >= 15 is 0 Å². The number of fused-ring (bicyclic) bond motifs is 7. The van der Waals surface area contributed by atoms with E-state index in [4.69, 9.17) is 15.0 Å². The molecule has 0 unspecified atom stereocenters. The van der Waals surface area contributed by atoms with Gasteiger partial charge in [0.15, 0.2) is 0 Å². The molecule has 0 aliphatic heterocycles. The molecule has 6 heteroatoms. The highest BCUT2D eigenvalue weighted by atomic mass is 14.9. The van der Waals surface area contributed by atoms with Crippen LogP contribution in [0.3, 0.4) is 0 Å². The van der Waals surface area contributed by atoms with Crippen LogP contribution in [0.1, 0.15) is 11.6 Å². The van der Waals surface area contributed by atoms with Gasteiger partial charge >= 0.3 is 0 Å². The molecule has 0 fully saturated rings. The van der Waals surface area contributed by atoms with Gasteiger partial charge in [-0.15, -0.1) is 0 Å². The number of nitrogens with zero attached hydrogens (tertiary/aromatic N) is 4. The zero-order valence-electron chi connectivity index (χ0n) is 18.7. The number of H-pyrrole nitrogens is 2. The Labute approximate surface area is 194 Å². The third kappa shape index (κ3) is 2.82. The average Bonchev–Trinajstić information content (AvgIpc) is 3.49. The van der Waals surface area contributed by atoms with E-state index in [0.29, 0.717) is 0 Å². The Kier molecular flexibility index (Phi) is 3.88. The second-order valence-electron chi connectivity index (χ2n) is 8.69. The molecular formula is C28H20N6. The number of benzene rings is 3. The van der Waals surface area contributed by atoms with Crippen LogP contribution in [0.5, 0.6) is 0 Å². The average molecular weight is 441 g/mol. The lowest BCUT2D eigenvalue weighted by Crippen LogP contribution is -1.89. The van der Waals surface area contributed by atoms with Gasteiger partial charge in [-0.05, 0) is 50.2 Å². The van der Waals surface area contributed by atoms with Crippen molar-refractivity contribution in [2.75, 3.05) is 0 Å². The highest BCUT2D eigenvalue weighted by molar-refractivity contribution is 6.22. The maximum Gasteiger partial charge on any atom is 0.104 e. The van der Waals surface area contributed by atoms with E-state index < -0.39 is 0 Å². The number of aromatic amines is 2. The minimum atomic E-state index is 0.901. The molecule has 0 atom stereocenters. The summed E-state index contributed by atoms with van der Waals surface area (Å²) in [6, 6.07) is 21.0. The van der Waals surface area contributed by atoms with Gasteiger partial charge in [0.1, 0.15) is 11.6 Å². The summed E-state index contributed by atoms with van der Waals surface area (Å²) in [6.45, 7) is 3.94. The van der Waals surface area contributed by atoms with E-state index in [1.54, 1.807) is 0 Å². The number of rotatable bonds is 2. The summed E-state index contributed by atoms with van der Waals surface area (Å²) < 4.78 is 0. The van der Waals surface area contributed by atoms with Crippen molar-refractivity contribution in [3.63, 3.8) is 0 Å². The maximum absolute atomic E-state index is 4.97. The fourth-order valence-electron chi connectivity index (χ4n) is 4.83. The van der Waals surface area contributed by atoms with Crippen molar-refractivity contribution in [1.29, 1.82) is 0 Å². The molecule has 2 N–H and O–H groups in total. The second-order valence-corrected chi connectivity index (χ2v) is 8.69. The SMILES string of the molecule is Cc1ncc(-c2ccc3nc(-c4ccc5c(c4)c4ncccc4c4nc(C)[nH]c54)ccc3c2)[nH]1. The van der Waals surface area contributed by atoms with Crippen LogP contribution in [-0.2, 0) is 0 Å². The zero-order chi connectivity index (χ0) is 22.8. The van der Waals surface area contributed by atoms with E-state index in [9.17, 15) is 0 Å². The lowest BCUT2D eigenvalue weighted by atomic mass is 9.99. The lowest BCUT2D eigenvalue weighted by Gasteiger charge is -2.09. The van der Waals surface area contributed by atoms with Crippen LogP contribution in [0.15, 0.2) is 73.1 Å². The minimum absolute atomic E-state index is 0.901. The van der Waals surface area contributed by atoms with Crippen LogP contribution < -0.4 is 0 Å². The van der Waals surface area contributed by atoms with Crippen molar-refractivity contribution in [3.8, 4) is 22.5 Å². The molecule has 7 aromatic rings. The fraction of sp³-hybridized carbons (Fsp3) is 0.0714. The minimum Gasteiger partial charge on any atom is -0.342 e. The summed E-state index contributed by atoms with van der Waals surface area (Å²) >= 11 is 0. The highest BCUT2D eigenvalue weighted by Crippen LogP contribution is 2.35. The molecule has 0 saturated carbocycles. The summed E-state index contributed by atoms with van der Waals surface area (Å²) in [5.74, 6) is 1.81. The summed E-state index contributed by atoms with van der Waals surface area (Å²) in [7, 11) is 0. The van der Waals surface area contributed by atoms with Crippen LogP contribution in [0.2, 0.25) is 0 Å². The van der Waals surface area contributed by atoms with Crippen LogP contribution in [0, 0.1) is 13.8 Å². The molecule has 7 rings (SSSR count). The number of hydrogen-bond donors (Lipinski definition) is 2. The van der Waals surface area contributed by atoms with Gasteiger partial charge in [0.2, 0.25) is 0 Å². The van der Waals surface area contributed by atoms with E-state index in [0.717, 1.165) is 77.8 Å². The Bertz CT molecular complexity index is 1890. The molecule has 0 spiro atoms. The Morgan fingerprint density at radius 3 is 2.47 bits per heavy atom. The zero-order valence-corrected chi connectivity index (χ0v) is 18.7.